The Morgan fingerprint density at radius 3 is 2.85 bits per heavy atom. The van der Waals surface area contributed by atoms with Crippen molar-refractivity contribution in [3.05, 3.63) is 34.9 Å². The van der Waals surface area contributed by atoms with Gasteiger partial charge in [0.2, 0.25) is 11.8 Å². The Kier molecular flexibility index (Phi) is 7.41. The van der Waals surface area contributed by atoms with Crippen LogP contribution in [0.2, 0.25) is 11.1 Å². The largest absolute Gasteiger partial charge is 0.484 e. The quantitative estimate of drug-likeness (QED) is 0.374. The smallest absolute Gasteiger partial charge is 0.414 e. The predicted octanol–water partition coefficient (Wildman–Crippen LogP) is 2.43. The van der Waals surface area contributed by atoms with E-state index in [1.807, 2.05) is 0 Å². The molecule has 0 spiro atoms. The minimum atomic E-state index is -2.73. The third-order valence-electron chi connectivity index (χ3n) is 4.99. The number of halogens is 4. The molecule has 2 fully saturated rings. The van der Waals surface area contributed by atoms with E-state index in [0.717, 1.165) is 12.1 Å². The number of nitrogens with zero attached hydrogens (tertiary/aromatic N) is 2. The normalized spacial score (nSPS) is 22.1. The molecule has 2 aliphatic rings. The summed E-state index contributed by atoms with van der Waals surface area (Å²) in [5, 5.41) is 11.0. The molecule has 9 nitrogen and oxygen atoms in total. The van der Waals surface area contributed by atoms with Gasteiger partial charge in [0.1, 0.15) is 24.3 Å². The summed E-state index contributed by atoms with van der Waals surface area (Å²) in [7, 11) is -1.21. The van der Waals surface area contributed by atoms with Gasteiger partial charge in [-0.3, -0.25) is 4.79 Å². The lowest BCUT2D eigenvalue weighted by atomic mass is 10.2. The van der Waals surface area contributed by atoms with Gasteiger partial charge in [0, 0.05) is 18.7 Å². The topological polar surface area (TPSA) is 108 Å². The van der Waals surface area contributed by atoms with E-state index in [2.05, 4.69) is 20.5 Å². The number of ether oxygens (including phenoxy) is 3. The predicted molar refractivity (Wildman–Crippen MR) is 110 cm³/mol. The van der Waals surface area contributed by atoms with Crippen molar-refractivity contribution in [2.24, 2.45) is 0 Å². The van der Waals surface area contributed by atoms with E-state index >= 15 is 0 Å². The fraction of sp³-hybridized carbons (Fsp3) is 0.526. The average Bonchev–Trinajstić information content (AvgIpc) is 3.17. The third kappa shape index (κ3) is 6.59. The molecule has 2 heterocycles. The summed E-state index contributed by atoms with van der Waals surface area (Å²) in [6.45, 7) is -0.205. The molecule has 33 heavy (non-hydrogen) atoms. The van der Waals surface area contributed by atoms with Crippen molar-refractivity contribution < 1.29 is 36.6 Å². The lowest BCUT2D eigenvalue weighted by molar-refractivity contribution is -0.121. The van der Waals surface area contributed by atoms with Crippen molar-refractivity contribution in [3.8, 4) is 11.8 Å². The molecule has 1 aromatic heterocycles. The van der Waals surface area contributed by atoms with Crippen LogP contribution >= 0.6 is 11.6 Å². The number of rotatable bonds is 10. The number of alkyl halides is 2. The van der Waals surface area contributed by atoms with Gasteiger partial charge in [-0.2, -0.15) is 0 Å². The molecule has 1 aliphatic heterocycles. The van der Waals surface area contributed by atoms with Crippen LogP contribution in [-0.4, -0.2) is 63.1 Å². The summed E-state index contributed by atoms with van der Waals surface area (Å²) < 4.78 is 59.8. The zero-order valence-corrected chi connectivity index (χ0v) is 19.0. The first-order valence-corrected chi connectivity index (χ1v) is 12.5. The van der Waals surface area contributed by atoms with E-state index in [1.54, 1.807) is 0 Å². The first-order chi connectivity index (χ1) is 15.8. The van der Waals surface area contributed by atoms with E-state index in [9.17, 15) is 18.0 Å². The van der Waals surface area contributed by atoms with Crippen LogP contribution in [0.25, 0.3) is 0 Å². The van der Waals surface area contributed by atoms with Crippen molar-refractivity contribution in [2.45, 2.75) is 37.0 Å². The first-order valence-electron chi connectivity index (χ1n) is 10.2. The van der Waals surface area contributed by atoms with E-state index in [0.29, 0.717) is 18.5 Å². The van der Waals surface area contributed by atoms with E-state index in [-0.39, 0.29) is 55.0 Å². The Morgan fingerprint density at radius 1 is 1.33 bits per heavy atom. The van der Waals surface area contributed by atoms with Gasteiger partial charge in [0.25, 0.3) is 5.92 Å². The second-order valence-electron chi connectivity index (χ2n) is 7.57. The molecule has 1 unspecified atom stereocenters. The van der Waals surface area contributed by atoms with Gasteiger partial charge in [-0.1, -0.05) is 16.7 Å². The summed E-state index contributed by atoms with van der Waals surface area (Å²) in [5.41, 5.74) is 0. The molecule has 4 rings (SSSR count). The fourth-order valence-electron chi connectivity index (χ4n) is 3.13. The van der Waals surface area contributed by atoms with Gasteiger partial charge in [-0.05, 0) is 24.6 Å². The fourth-order valence-corrected chi connectivity index (χ4v) is 5.23. The number of amides is 1. The van der Waals surface area contributed by atoms with Crippen molar-refractivity contribution in [1.29, 1.82) is 0 Å². The van der Waals surface area contributed by atoms with E-state index < -0.39 is 26.8 Å². The summed E-state index contributed by atoms with van der Waals surface area (Å²) >= 11 is 5.62. The van der Waals surface area contributed by atoms with Crippen molar-refractivity contribution in [1.82, 2.24) is 20.5 Å². The molecule has 2 aromatic rings. The van der Waals surface area contributed by atoms with Gasteiger partial charge in [0.05, 0.1) is 17.7 Å². The number of carbonyl (C=O) groups excluding carboxylic acids is 1. The number of aromatic nitrogens is 2. The molecule has 1 radical (unpaired) electrons. The summed E-state index contributed by atoms with van der Waals surface area (Å²) in [6, 6.07) is 4.54. The number of hydrogen-bond acceptors (Lipinski definition) is 8. The van der Waals surface area contributed by atoms with Gasteiger partial charge in [-0.25, -0.2) is 13.2 Å². The van der Waals surface area contributed by atoms with Gasteiger partial charge < -0.3 is 28.9 Å². The average molecular weight is 506 g/mol. The molecule has 2 N–H and O–H groups in total. The second kappa shape index (κ2) is 10.3. The maximum atomic E-state index is 13.4. The zero-order valence-electron chi connectivity index (χ0n) is 17.3. The highest BCUT2D eigenvalue weighted by Gasteiger charge is 2.58. The standard InChI is InChI=1S/C19H21ClF3N4O5Si/c20-12-2-1-11(7-13(12)21)31-9-16(28)27-33-6-3-14(24-10-33)17-25-26-18(32-17)30-5-4-29-15-8-19(15,22)23/h1-2,7,14-15,24H,3-6,8-10H2,(H,27,28)/t14-,15?/m1/s1. The number of nitrogens with one attached hydrogen (secondary N) is 2. The highest BCUT2D eigenvalue weighted by atomic mass is 35.5. The van der Waals surface area contributed by atoms with Crippen molar-refractivity contribution in [2.75, 3.05) is 26.0 Å². The Morgan fingerprint density at radius 2 is 2.15 bits per heavy atom. The molecule has 1 amide bonds. The van der Waals surface area contributed by atoms with Crippen LogP contribution < -0.4 is 19.8 Å². The Labute approximate surface area is 193 Å². The molecular weight excluding hydrogens is 485 g/mol. The Balaban J connectivity index is 1.13. The minimum Gasteiger partial charge on any atom is -0.484 e. The molecule has 0 bridgehead atoms. The van der Waals surface area contributed by atoms with Crippen LogP contribution in [0.15, 0.2) is 22.6 Å². The van der Waals surface area contributed by atoms with Crippen LogP contribution in [0.1, 0.15) is 24.8 Å². The van der Waals surface area contributed by atoms with Crippen LogP contribution in [-0.2, 0) is 9.53 Å². The number of carbonyl (C=O) groups is 1. The highest BCUT2D eigenvalue weighted by Crippen LogP contribution is 2.44. The minimum absolute atomic E-state index is 0.00179. The Hall–Kier alpha value is -2.35. The summed E-state index contributed by atoms with van der Waals surface area (Å²) in [5.74, 6) is -3.07. The van der Waals surface area contributed by atoms with Crippen LogP contribution in [0.5, 0.6) is 11.8 Å². The second-order valence-corrected chi connectivity index (χ2v) is 10.3. The van der Waals surface area contributed by atoms with E-state index in [1.165, 1.54) is 12.1 Å². The summed E-state index contributed by atoms with van der Waals surface area (Å²) in [4.78, 5) is 15.1. The van der Waals surface area contributed by atoms with Crippen LogP contribution in [0.3, 0.4) is 0 Å². The lowest BCUT2D eigenvalue weighted by Gasteiger charge is -2.26. The monoisotopic (exact) mass is 505 g/mol. The Bertz CT molecular complexity index is 977. The van der Waals surface area contributed by atoms with Gasteiger partial charge in [0.15, 0.2) is 15.6 Å². The lowest BCUT2D eigenvalue weighted by Crippen LogP contribution is -2.51. The van der Waals surface area contributed by atoms with Gasteiger partial charge >= 0.3 is 6.08 Å². The number of benzene rings is 1. The number of hydrogen-bond donors (Lipinski definition) is 2. The molecule has 1 aromatic carbocycles. The molecule has 1 saturated heterocycles. The molecule has 1 saturated carbocycles. The molecule has 1 aliphatic carbocycles. The first kappa shape index (κ1) is 23.8. The van der Waals surface area contributed by atoms with Crippen LogP contribution in [0, 0.1) is 5.82 Å². The molecule has 14 heteroatoms. The van der Waals surface area contributed by atoms with E-state index in [4.69, 9.17) is 30.2 Å². The van der Waals surface area contributed by atoms with Gasteiger partial charge in [-0.15, -0.1) is 5.10 Å². The molecule has 2 atom stereocenters. The molecular formula is C19H21ClF3N4O5Si. The highest BCUT2D eigenvalue weighted by molar-refractivity contribution is 6.59. The third-order valence-corrected chi connectivity index (χ3v) is 7.45. The molecule has 179 valence electrons. The SMILES string of the molecule is O=C(COc1ccc(Cl)c(F)c1)N[Si]1CC[C@H](c2nnc(OCCOC3CC3(F)F)o2)NC1. The van der Waals surface area contributed by atoms with Crippen molar-refractivity contribution >= 4 is 26.5 Å². The maximum absolute atomic E-state index is 13.4. The summed E-state index contributed by atoms with van der Waals surface area (Å²) in [6.07, 6.45) is -0.116. The van der Waals surface area contributed by atoms with Crippen molar-refractivity contribution in [3.63, 3.8) is 0 Å². The zero-order chi connectivity index (χ0) is 23.4. The van der Waals surface area contributed by atoms with Crippen LogP contribution in [0.4, 0.5) is 13.2 Å². The maximum Gasteiger partial charge on any atom is 0.414 e.